The highest BCUT2D eigenvalue weighted by molar-refractivity contribution is 6.05. The molecule has 0 radical (unpaired) electrons. The number of anilines is 2. The average molecular weight is 387 g/mol. The van der Waals surface area contributed by atoms with E-state index >= 15 is 0 Å². The van der Waals surface area contributed by atoms with Crippen LogP contribution in [-0.2, 0) is 9.53 Å². The highest BCUT2D eigenvalue weighted by Crippen LogP contribution is 2.23. The van der Waals surface area contributed by atoms with E-state index in [4.69, 9.17) is 4.74 Å². The summed E-state index contributed by atoms with van der Waals surface area (Å²) in [5.74, 6) is -1.07. The topological polar surface area (TPSA) is 79.5 Å². The molecule has 150 valence electrons. The van der Waals surface area contributed by atoms with E-state index in [1.54, 1.807) is 26.0 Å². The van der Waals surface area contributed by atoms with Gasteiger partial charge in [-0.25, -0.2) is 4.79 Å². The highest BCUT2D eigenvalue weighted by Gasteiger charge is 2.25. The van der Waals surface area contributed by atoms with E-state index in [9.17, 15) is 22.8 Å². The SMILES string of the molecule is C=CC(=O)Nc1cc(NCCNCCC(F)(F)F)ccc1C(=O)OC(C)C. The van der Waals surface area contributed by atoms with Crippen LogP contribution >= 0.6 is 0 Å². The average Bonchev–Trinajstić information content (AvgIpc) is 2.56. The summed E-state index contributed by atoms with van der Waals surface area (Å²) in [6.07, 6.45) is -4.32. The van der Waals surface area contributed by atoms with Crippen molar-refractivity contribution in [3.8, 4) is 0 Å². The van der Waals surface area contributed by atoms with E-state index in [0.29, 0.717) is 18.8 Å². The highest BCUT2D eigenvalue weighted by atomic mass is 19.4. The molecule has 0 bridgehead atoms. The number of hydrogen-bond acceptors (Lipinski definition) is 5. The second-order valence-electron chi connectivity index (χ2n) is 5.95. The van der Waals surface area contributed by atoms with Crippen LogP contribution in [0.25, 0.3) is 0 Å². The smallest absolute Gasteiger partial charge is 0.390 e. The van der Waals surface area contributed by atoms with Crippen LogP contribution in [-0.4, -0.2) is 43.8 Å². The van der Waals surface area contributed by atoms with Crippen LogP contribution in [0.1, 0.15) is 30.6 Å². The Balaban J connectivity index is 2.70. The molecule has 1 amide bonds. The molecule has 0 fully saturated rings. The first-order chi connectivity index (χ1) is 12.6. The number of alkyl halides is 3. The van der Waals surface area contributed by atoms with Gasteiger partial charge in [0.15, 0.2) is 0 Å². The van der Waals surface area contributed by atoms with Crippen molar-refractivity contribution in [2.75, 3.05) is 30.3 Å². The lowest BCUT2D eigenvalue weighted by molar-refractivity contribution is -0.133. The van der Waals surface area contributed by atoms with E-state index in [1.807, 2.05) is 0 Å². The van der Waals surface area contributed by atoms with Crippen molar-refractivity contribution < 1.29 is 27.5 Å². The minimum atomic E-state index is -4.18. The zero-order valence-electron chi connectivity index (χ0n) is 15.3. The Morgan fingerprint density at radius 1 is 1.22 bits per heavy atom. The van der Waals surface area contributed by atoms with Crippen molar-refractivity contribution in [2.45, 2.75) is 32.5 Å². The Morgan fingerprint density at radius 2 is 1.93 bits per heavy atom. The molecule has 6 nitrogen and oxygen atoms in total. The van der Waals surface area contributed by atoms with Crippen molar-refractivity contribution in [2.24, 2.45) is 0 Å². The maximum atomic E-state index is 12.1. The molecule has 27 heavy (non-hydrogen) atoms. The normalized spacial score (nSPS) is 11.2. The van der Waals surface area contributed by atoms with E-state index in [0.717, 1.165) is 6.08 Å². The number of carbonyl (C=O) groups is 2. The number of carbonyl (C=O) groups excluding carboxylic acids is 2. The van der Waals surface area contributed by atoms with Crippen LogP contribution in [0.3, 0.4) is 0 Å². The van der Waals surface area contributed by atoms with Crippen molar-refractivity contribution in [3.05, 3.63) is 36.4 Å². The molecule has 0 aliphatic heterocycles. The molecule has 0 atom stereocenters. The van der Waals surface area contributed by atoms with Crippen LogP contribution in [0.2, 0.25) is 0 Å². The summed E-state index contributed by atoms with van der Waals surface area (Å²) in [7, 11) is 0. The van der Waals surface area contributed by atoms with Crippen LogP contribution in [0, 0.1) is 0 Å². The monoisotopic (exact) mass is 387 g/mol. The first-order valence-electron chi connectivity index (χ1n) is 8.42. The molecule has 0 heterocycles. The Labute approximate surface area is 156 Å². The Hall–Kier alpha value is -2.55. The summed E-state index contributed by atoms with van der Waals surface area (Å²) in [6, 6.07) is 4.67. The Bertz CT molecular complexity index is 661. The number of halogens is 3. The van der Waals surface area contributed by atoms with E-state index in [2.05, 4.69) is 22.5 Å². The molecule has 0 aliphatic rings. The van der Waals surface area contributed by atoms with Crippen LogP contribution in [0.15, 0.2) is 30.9 Å². The Morgan fingerprint density at radius 3 is 2.52 bits per heavy atom. The molecule has 0 unspecified atom stereocenters. The lowest BCUT2D eigenvalue weighted by Gasteiger charge is -2.14. The van der Waals surface area contributed by atoms with Crippen LogP contribution in [0.4, 0.5) is 24.5 Å². The van der Waals surface area contributed by atoms with Gasteiger partial charge in [0.25, 0.3) is 0 Å². The molecule has 0 aromatic heterocycles. The molecule has 0 spiro atoms. The summed E-state index contributed by atoms with van der Waals surface area (Å²) in [5.41, 5.74) is 1.03. The lowest BCUT2D eigenvalue weighted by atomic mass is 10.1. The summed E-state index contributed by atoms with van der Waals surface area (Å²) in [5, 5.41) is 8.23. The number of nitrogens with one attached hydrogen (secondary N) is 3. The quantitative estimate of drug-likeness (QED) is 0.326. The second-order valence-corrected chi connectivity index (χ2v) is 5.95. The van der Waals surface area contributed by atoms with Gasteiger partial charge < -0.3 is 20.7 Å². The molecule has 3 N–H and O–H groups in total. The number of hydrogen-bond donors (Lipinski definition) is 3. The third-order valence-electron chi connectivity index (χ3n) is 3.24. The van der Waals surface area contributed by atoms with E-state index in [-0.39, 0.29) is 23.9 Å². The molecule has 9 heteroatoms. The molecular weight excluding hydrogens is 363 g/mol. The van der Waals surface area contributed by atoms with Crippen molar-refractivity contribution in [1.29, 1.82) is 0 Å². The molecule has 1 aromatic rings. The molecular formula is C18H24F3N3O3. The number of rotatable bonds is 10. The van der Waals surface area contributed by atoms with Gasteiger partial charge in [-0.15, -0.1) is 0 Å². The predicted octanol–water partition coefficient (Wildman–Crippen LogP) is 3.33. The molecule has 0 aliphatic carbocycles. The Kier molecular flexibility index (Phi) is 8.80. The molecule has 0 saturated carbocycles. The van der Waals surface area contributed by atoms with Gasteiger partial charge in [0.2, 0.25) is 5.91 Å². The minimum Gasteiger partial charge on any atom is -0.459 e. The largest absolute Gasteiger partial charge is 0.459 e. The number of esters is 1. The third kappa shape index (κ3) is 9.09. The van der Waals surface area contributed by atoms with Crippen molar-refractivity contribution in [3.63, 3.8) is 0 Å². The van der Waals surface area contributed by atoms with Crippen molar-refractivity contribution in [1.82, 2.24) is 5.32 Å². The van der Waals surface area contributed by atoms with Gasteiger partial charge in [-0.1, -0.05) is 6.58 Å². The van der Waals surface area contributed by atoms with Gasteiger partial charge >= 0.3 is 12.1 Å². The zero-order chi connectivity index (χ0) is 20.4. The second kappa shape index (κ2) is 10.6. The molecule has 1 rings (SSSR count). The first kappa shape index (κ1) is 22.5. The number of ether oxygens (including phenoxy) is 1. The number of amides is 1. The predicted molar refractivity (Wildman–Crippen MR) is 97.9 cm³/mol. The van der Waals surface area contributed by atoms with E-state index in [1.165, 1.54) is 6.07 Å². The van der Waals surface area contributed by atoms with Crippen LogP contribution < -0.4 is 16.0 Å². The van der Waals surface area contributed by atoms with Crippen molar-refractivity contribution >= 4 is 23.3 Å². The van der Waals surface area contributed by atoms with Gasteiger partial charge in [-0.2, -0.15) is 13.2 Å². The van der Waals surface area contributed by atoms with Gasteiger partial charge in [-0.05, 0) is 38.1 Å². The number of benzene rings is 1. The fourth-order valence-electron chi connectivity index (χ4n) is 2.05. The lowest BCUT2D eigenvalue weighted by Crippen LogP contribution is -2.26. The van der Waals surface area contributed by atoms with Crippen LogP contribution in [0.5, 0.6) is 0 Å². The minimum absolute atomic E-state index is 0.161. The molecule has 1 aromatic carbocycles. The third-order valence-corrected chi connectivity index (χ3v) is 3.24. The van der Waals surface area contributed by atoms with Gasteiger partial charge in [0, 0.05) is 25.3 Å². The summed E-state index contributed by atoms with van der Waals surface area (Å²) in [4.78, 5) is 23.7. The fraction of sp³-hybridized carbons (Fsp3) is 0.444. The first-order valence-corrected chi connectivity index (χ1v) is 8.42. The maximum absolute atomic E-state index is 12.1. The van der Waals surface area contributed by atoms with Gasteiger partial charge in [0.1, 0.15) is 0 Å². The van der Waals surface area contributed by atoms with E-state index < -0.39 is 24.5 Å². The summed E-state index contributed by atoms with van der Waals surface area (Å²) < 4.78 is 41.3. The summed E-state index contributed by atoms with van der Waals surface area (Å²) >= 11 is 0. The zero-order valence-corrected chi connectivity index (χ0v) is 15.3. The standard InChI is InChI=1S/C18H24F3N3O3/c1-4-16(25)24-15-11-13(5-6-14(15)17(26)27-12(2)3)23-10-9-22-8-7-18(19,20)21/h4-6,11-12,22-23H,1,7-10H2,2-3H3,(H,24,25). The summed E-state index contributed by atoms with van der Waals surface area (Å²) in [6.45, 7) is 7.31. The fourth-order valence-corrected chi connectivity index (χ4v) is 2.05. The van der Waals surface area contributed by atoms with Gasteiger partial charge in [-0.3, -0.25) is 4.79 Å². The maximum Gasteiger partial charge on any atom is 0.390 e. The molecule has 0 saturated heterocycles. The van der Waals surface area contributed by atoms with Gasteiger partial charge in [0.05, 0.1) is 23.8 Å².